The van der Waals surface area contributed by atoms with Crippen molar-refractivity contribution in [1.29, 1.82) is 0 Å². The predicted molar refractivity (Wildman–Crippen MR) is 77.8 cm³/mol. The zero-order valence-corrected chi connectivity index (χ0v) is 12.7. The molecule has 1 fully saturated rings. The lowest BCUT2D eigenvalue weighted by Crippen LogP contribution is -2.48. The van der Waals surface area contributed by atoms with Crippen molar-refractivity contribution >= 4 is 0 Å². The molecule has 2 N–H and O–H groups in total. The number of likely N-dealkylation sites (tertiary alicyclic amines) is 1. The average molecular weight is 256 g/mol. The minimum Gasteiger partial charge on any atom is -0.393 e. The Morgan fingerprint density at radius 3 is 2.67 bits per heavy atom. The first-order valence-electron chi connectivity index (χ1n) is 7.62. The molecule has 0 bridgehead atoms. The van der Waals surface area contributed by atoms with Crippen LogP contribution in [0, 0.1) is 11.3 Å². The molecule has 0 radical (unpaired) electrons. The summed E-state index contributed by atoms with van der Waals surface area (Å²) >= 11 is 0. The van der Waals surface area contributed by atoms with E-state index in [9.17, 15) is 5.11 Å². The van der Waals surface area contributed by atoms with E-state index in [-0.39, 0.29) is 6.10 Å². The van der Waals surface area contributed by atoms with Crippen LogP contribution < -0.4 is 5.32 Å². The normalized spacial score (nSPS) is 29.2. The van der Waals surface area contributed by atoms with Gasteiger partial charge < -0.3 is 15.3 Å². The summed E-state index contributed by atoms with van der Waals surface area (Å²) < 4.78 is 0. The van der Waals surface area contributed by atoms with Gasteiger partial charge in [-0.05, 0) is 30.7 Å². The lowest BCUT2D eigenvalue weighted by molar-refractivity contribution is 0.0173. The predicted octanol–water partition coefficient (Wildman–Crippen LogP) is 2.10. The van der Waals surface area contributed by atoms with Gasteiger partial charge in [0.15, 0.2) is 0 Å². The highest BCUT2D eigenvalue weighted by Crippen LogP contribution is 2.26. The minimum absolute atomic E-state index is 0.0903. The summed E-state index contributed by atoms with van der Waals surface area (Å²) in [6.45, 7) is 14.4. The van der Waals surface area contributed by atoms with Crippen LogP contribution in [0.1, 0.15) is 47.0 Å². The summed E-state index contributed by atoms with van der Waals surface area (Å²) in [4.78, 5) is 2.55. The summed E-state index contributed by atoms with van der Waals surface area (Å²) in [7, 11) is 0. The van der Waals surface area contributed by atoms with Gasteiger partial charge in [0.1, 0.15) is 0 Å². The summed E-state index contributed by atoms with van der Waals surface area (Å²) in [6, 6.07) is 0. The molecule has 108 valence electrons. The van der Waals surface area contributed by atoms with Gasteiger partial charge in [0.05, 0.1) is 6.10 Å². The summed E-state index contributed by atoms with van der Waals surface area (Å²) in [5.74, 6) is 0.420. The number of piperidine rings is 1. The van der Waals surface area contributed by atoms with Crippen LogP contribution in [0.5, 0.6) is 0 Å². The SMILES string of the molecule is CCCC(C)(CNCC)CN1CCC(O)C(C)C1. The fourth-order valence-electron chi connectivity index (χ4n) is 3.16. The van der Waals surface area contributed by atoms with Crippen LogP contribution in [0.25, 0.3) is 0 Å². The highest BCUT2D eigenvalue weighted by molar-refractivity contribution is 4.84. The third kappa shape index (κ3) is 4.87. The summed E-state index contributed by atoms with van der Waals surface area (Å²) in [6.07, 6.45) is 3.36. The number of aliphatic hydroxyl groups excluding tert-OH is 1. The number of rotatable bonds is 7. The van der Waals surface area contributed by atoms with E-state index in [0.717, 1.165) is 39.1 Å². The van der Waals surface area contributed by atoms with Crippen molar-refractivity contribution in [3.63, 3.8) is 0 Å². The molecule has 0 aromatic rings. The third-order valence-electron chi connectivity index (χ3n) is 4.20. The third-order valence-corrected chi connectivity index (χ3v) is 4.20. The van der Waals surface area contributed by atoms with Crippen LogP contribution >= 0.6 is 0 Å². The first kappa shape index (κ1) is 15.9. The molecule has 3 nitrogen and oxygen atoms in total. The van der Waals surface area contributed by atoms with Gasteiger partial charge >= 0.3 is 0 Å². The van der Waals surface area contributed by atoms with E-state index in [1.54, 1.807) is 0 Å². The second-order valence-electron chi connectivity index (χ2n) is 6.41. The molecular formula is C15H32N2O. The zero-order chi connectivity index (χ0) is 13.6. The Balaban J connectivity index is 2.49. The fraction of sp³-hybridized carbons (Fsp3) is 1.00. The molecule has 3 atom stereocenters. The highest BCUT2D eigenvalue weighted by atomic mass is 16.3. The van der Waals surface area contributed by atoms with E-state index in [2.05, 4.69) is 37.9 Å². The van der Waals surface area contributed by atoms with Crippen LogP contribution in [-0.2, 0) is 0 Å². The summed E-state index contributed by atoms with van der Waals surface area (Å²) in [5, 5.41) is 13.3. The van der Waals surface area contributed by atoms with Gasteiger partial charge in [-0.25, -0.2) is 0 Å². The molecule has 1 heterocycles. The van der Waals surface area contributed by atoms with Gasteiger partial charge in [-0.1, -0.05) is 34.1 Å². The Bertz CT molecular complexity index is 235. The fourth-order valence-corrected chi connectivity index (χ4v) is 3.16. The molecule has 18 heavy (non-hydrogen) atoms. The van der Waals surface area contributed by atoms with E-state index in [1.807, 2.05) is 0 Å². The van der Waals surface area contributed by atoms with Crippen molar-refractivity contribution in [1.82, 2.24) is 10.2 Å². The molecule has 1 saturated heterocycles. The number of nitrogens with zero attached hydrogens (tertiary/aromatic N) is 1. The van der Waals surface area contributed by atoms with Gasteiger partial charge in [-0.2, -0.15) is 0 Å². The van der Waals surface area contributed by atoms with Gasteiger partial charge in [0.25, 0.3) is 0 Å². The Hall–Kier alpha value is -0.120. The number of nitrogens with one attached hydrogen (secondary N) is 1. The first-order valence-corrected chi connectivity index (χ1v) is 7.62. The molecule has 0 amide bonds. The van der Waals surface area contributed by atoms with Crippen molar-refractivity contribution in [2.24, 2.45) is 11.3 Å². The van der Waals surface area contributed by atoms with Crippen LogP contribution in [0.2, 0.25) is 0 Å². The van der Waals surface area contributed by atoms with Crippen molar-refractivity contribution in [2.45, 2.75) is 53.1 Å². The van der Waals surface area contributed by atoms with Crippen LogP contribution in [0.4, 0.5) is 0 Å². The molecule has 0 aliphatic carbocycles. The highest BCUT2D eigenvalue weighted by Gasteiger charge is 2.30. The first-order chi connectivity index (χ1) is 8.50. The lowest BCUT2D eigenvalue weighted by atomic mass is 9.83. The van der Waals surface area contributed by atoms with Crippen LogP contribution in [0.15, 0.2) is 0 Å². The van der Waals surface area contributed by atoms with Gasteiger partial charge in [-0.15, -0.1) is 0 Å². The molecule has 1 aliphatic rings. The topological polar surface area (TPSA) is 35.5 Å². The van der Waals surface area contributed by atoms with Crippen LogP contribution in [-0.4, -0.2) is 48.8 Å². The molecule has 0 aromatic carbocycles. The number of hydrogen-bond donors (Lipinski definition) is 2. The van der Waals surface area contributed by atoms with Crippen molar-refractivity contribution in [2.75, 3.05) is 32.7 Å². The van der Waals surface area contributed by atoms with E-state index < -0.39 is 0 Å². The second kappa shape index (κ2) is 7.46. The average Bonchev–Trinajstić information content (AvgIpc) is 2.32. The van der Waals surface area contributed by atoms with Gasteiger partial charge in [0, 0.05) is 26.2 Å². The molecule has 0 saturated carbocycles. The molecular weight excluding hydrogens is 224 g/mol. The van der Waals surface area contributed by atoms with Gasteiger partial charge in [0.2, 0.25) is 0 Å². The number of hydrogen-bond acceptors (Lipinski definition) is 3. The lowest BCUT2D eigenvalue weighted by Gasteiger charge is -2.40. The van der Waals surface area contributed by atoms with Gasteiger partial charge in [-0.3, -0.25) is 0 Å². The maximum Gasteiger partial charge on any atom is 0.0590 e. The monoisotopic (exact) mass is 256 g/mol. The minimum atomic E-state index is -0.0903. The van der Waals surface area contributed by atoms with E-state index in [0.29, 0.717) is 11.3 Å². The van der Waals surface area contributed by atoms with Crippen LogP contribution in [0.3, 0.4) is 0 Å². The largest absolute Gasteiger partial charge is 0.393 e. The van der Waals surface area contributed by atoms with Crippen molar-refractivity contribution < 1.29 is 5.11 Å². The van der Waals surface area contributed by atoms with Crippen molar-refractivity contribution in [3.8, 4) is 0 Å². The van der Waals surface area contributed by atoms with E-state index in [4.69, 9.17) is 0 Å². The Morgan fingerprint density at radius 1 is 1.39 bits per heavy atom. The standard InChI is InChI=1S/C15H32N2O/c1-5-8-15(4,11-16-6-2)12-17-9-7-14(18)13(3)10-17/h13-14,16,18H,5-12H2,1-4H3. The summed E-state index contributed by atoms with van der Waals surface area (Å²) in [5.41, 5.74) is 0.368. The number of aliphatic hydroxyl groups is 1. The Labute approximate surface area is 113 Å². The van der Waals surface area contributed by atoms with Crippen molar-refractivity contribution in [3.05, 3.63) is 0 Å². The molecule has 3 unspecified atom stereocenters. The zero-order valence-electron chi connectivity index (χ0n) is 12.7. The second-order valence-corrected chi connectivity index (χ2v) is 6.41. The quantitative estimate of drug-likeness (QED) is 0.732. The van der Waals surface area contributed by atoms with E-state index >= 15 is 0 Å². The Kier molecular flexibility index (Phi) is 6.61. The molecule has 1 rings (SSSR count). The maximum atomic E-state index is 9.80. The smallest absolute Gasteiger partial charge is 0.0590 e. The maximum absolute atomic E-state index is 9.80. The molecule has 1 aliphatic heterocycles. The molecule has 3 heteroatoms. The van der Waals surface area contributed by atoms with E-state index in [1.165, 1.54) is 12.8 Å². The Morgan fingerprint density at radius 2 is 2.11 bits per heavy atom. The molecule has 0 spiro atoms. The molecule has 0 aromatic heterocycles.